The summed E-state index contributed by atoms with van der Waals surface area (Å²) in [5.41, 5.74) is 6.20. The predicted octanol–water partition coefficient (Wildman–Crippen LogP) is 11.9. The molecule has 0 aromatic heterocycles. The van der Waals surface area contributed by atoms with Crippen molar-refractivity contribution in [1.29, 1.82) is 5.26 Å². The van der Waals surface area contributed by atoms with Crippen molar-refractivity contribution < 1.29 is 8.78 Å². The SMILES string of the molecule is CCCCCc1ccc(-c2ccc(CCCCCCCCCC3(C)C=CC(c4ccc(C#N)cc4)=CC3)cc2)c(F)c1F. The minimum atomic E-state index is -0.725. The number of allylic oxidation sites excluding steroid dienone is 4. The molecule has 3 heteroatoms. The highest BCUT2D eigenvalue weighted by molar-refractivity contribution is 5.75. The highest BCUT2D eigenvalue weighted by Gasteiger charge is 2.22. The van der Waals surface area contributed by atoms with Crippen molar-refractivity contribution in [1.82, 2.24) is 0 Å². The van der Waals surface area contributed by atoms with E-state index in [1.54, 1.807) is 12.1 Å². The molecule has 0 saturated carbocycles. The molecule has 1 atom stereocenters. The van der Waals surface area contributed by atoms with Gasteiger partial charge in [-0.2, -0.15) is 5.26 Å². The van der Waals surface area contributed by atoms with Gasteiger partial charge in [0.1, 0.15) is 0 Å². The first-order valence-corrected chi connectivity index (χ1v) is 16.4. The lowest BCUT2D eigenvalue weighted by molar-refractivity contribution is 0.371. The van der Waals surface area contributed by atoms with E-state index in [0.29, 0.717) is 23.1 Å². The van der Waals surface area contributed by atoms with Crippen molar-refractivity contribution in [2.75, 3.05) is 0 Å². The molecule has 0 fully saturated rings. The summed E-state index contributed by atoms with van der Waals surface area (Å²) in [5.74, 6) is -1.42. The fraction of sp³-hybridized carbons (Fsp3) is 0.425. The maximum atomic E-state index is 14.8. The summed E-state index contributed by atoms with van der Waals surface area (Å²) in [6.45, 7) is 4.47. The minimum Gasteiger partial charge on any atom is -0.203 e. The summed E-state index contributed by atoms with van der Waals surface area (Å²) in [5, 5.41) is 9.01. The van der Waals surface area contributed by atoms with Gasteiger partial charge in [-0.1, -0.05) is 132 Å². The van der Waals surface area contributed by atoms with E-state index in [2.05, 4.69) is 50.3 Å². The van der Waals surface area contributed by atoms with Gasteiger partial charge in [-0.15, -0.1) is 0 Å². The first kappa shape index (κ1) is 32.4. The molecule has 1 aliphatic rings. The van der Waals surface area contributed by atoms with Gasteiger partial charge < -0.3 is 0 Å². The van der Waals surface area contributed by atoms with Crippen LogP contribution in [0.4, 0.5) is 8.78 Å². The fourth-order valence-electron chi connectivity index (χ4n) is 6.07. The number of rotatable bonds is 16. The van der Waals surface area contributed by atoms with Gasteiger partial charge in [0.25, 0.3) is 0 Å². The highest BCUT2D eigenvalue weighted by Crippen LogP contribution is 2.37. The summed E-state index contributed by atoms with van der Waals surface area (Å²) >= 11 is 0. The van der Waals surface area contributed by atoms with E-state index >= 15 is 0 Å². The third kappa shape index (κ3) is 9.49. The number of aryl methyl sites for hydroxylation is 2. The van der Waals surface area contributed by atoms with Crippen molar-refractivity contribution in [3.05, 3.63) is 113 Å². The molecule has 226 valence electrons. The van der Waals surface area contributed by atoms with Crippen molar-refractivity contribution >= 4 is 5.57 Å². The van der Waals surface area contributed by atoms with Gasteiger partial charge in [0.05, 0.1) is 11.6 Å². The number of hydrogen-bond donors (Lipinski definition) is 0. The molecule has 0 radical (unpaired) electrons. The smallest absolute Gasteiger partial charge is 0.166 e. The topological polar surface area (TPSA) is 23.8 Å². The van der Waals surface area contributed by atoms with E-state index in [4.69, 9.17) is 5.26 Å². The zero-order valence-corrected chi connectivity index (χ0v) is 26.1. The number of halogens is 2. The van der Waals surface area contributed by atoms with E-state index in [1.807, 2.05) is 36.4 Å². The molecule has 1 unspecified atom stereocenters. The third-order valence-corrected chi connectivity index (χ3v) is 8.99. The van der Waals surface area contributed by atoms with E-state index in [-0.39, 0.29) is 5.41 Å². The molecule has 4 rings (SSSR count). The van der Waals surface area contributed by atoms with Gasteiger partial charge in [0.2, 0.25) is 0 Å². The predicted molar refractivity (Wildman–Crippen MR) is 177 cm³/mol. The molecule has 3 aromatic carbocycles. The number of hydrogen-bond acceptors (Lipinski definition) is 1. The van der Waals surface area contributed by atoms with Crippen LogP contribution in [0.1, 0.15) is 113 Å². The molecule has 0 saturated heterocycles. The molecule has 0 bridgehead atoms. The van der Waals surface area contributed by atoms with Gasteiger partial charge in [-0.05, 0) is 83.9 Å². The van der Waals surface area contributed by atoms with Crippen LogP contribution in [0.3, 0.4) is 0 Å². The largest absolute Gasteiger partial charge is 0.203 e. The zero-order chi connectivity index (χ0) is 30.5. The Morgan fingerprint density at radius 3 is 2.02 bits per heavy atom. The maximum absolute atomic E-state index is 14.8. The van der Waals surface area contributed by atoms with Crippen LogP contribution in [0.25, 0.3) is 16.7 Å². The Labute approximate surface area is 258 Å². The Morgan fingerprint density at radius 1 is 0.721 bits per heavy atom. The van der Waals surface area contributed by atoms with Gasteiger partial charge in [0.15, 0.2) is 11.6 Å². The first-order valence-electron chi connectivity index (χ1n) is 16.4. The number of nitrogens with zero attached hydrogens (tertiary/aromatic N) is 1. The molecule has 0 spiro atoms. The van der Waals surface area contributed by atoms with Crippen molar-refractivity contribution in [3.63, 3.8) is 0 Å². The third-order valence-electron chi connectivity index (χ3n) is 8.99. The van der Waals surface area contributed by atoms with E-state index in [9.17, 15) is 8.78 Å². The second kappa shape index (κ2) is 16.4. The summed E-state index contributed by atoms with van der Waals surface area (Å²) in [7, 11) is 0. The normalized spacial score (nSPS) is 16.2. The van der Waals surface area contributed by atoms with Crippen LogP contribution in [0.2, 0.25) is 0 Å². The van der Waals surface area contributed by atoms with Crippen molar-refractivity contribution in [2.45, 2.75) is 104 Å². The summed E-state index contributed by atoms with van der Waals surface area (Å²) < 4.78 is 29.4. The van der Waals surface area contributed by atoms with E-state index < -0.39 is 11.6 Å². The van der Waals surface area contributed by atoms with Gasteiger partial charge in [-0.25, -0.2) is 8.78 Å². The Bertz CT molecular complexity index is 1410. The highest BCUT2D eigenvalue weighted by atomic mass is 19.2. The van der Waals surface area contributed by atoms with E-state index in [1.165, 1.54) is 61.6 Å². The summed E-state index contributed by atoms with van der Waals surface area (Å²) in [4.78, 5) is 0. The minimum absolute atomic E-state index is 0.239. The van der Waals surface area contributed by atoms with Crippen LogP contribution in [0.15, 0.2) is 78.9 Å². The van der Waals surface area contributed by atoms with Crippen LogP contribution in [0.5, 0.6) is 0 Å². The lowest BCUT2D eigenvalue weighted by Crippen LogP contribution is -2.14. The van der Waals surface area contributed by atoms with Crippen LogP contribution in [-0.4, -0.2) is 0 Å². The van der Waals surface area contributed by atoms with Gasteiger partial charge >= 0.3 is 0 Å². The number of nitriles is 1. The zero-order valence-electron chi connectivity index (χ0n) is 26.1. The molecule has 0 heterocycles. The average Bonchev–Trinajstić information content (AvgIpc) is 3.03. The average molecular weight is 580 g/mol. The fourth-order valence-corrected chi connectivity index (χ4v) is 6.07. The van der Waals surface area contributed by atoms with E-state index in [0.717, 1.165) is 44.1 Å². The quantitative estimate of drug-likeness (QED) is 0.155. The molecule has 0 amide bonds. The summed E-state index contributed by atoms with van der Waals surface area (Å²) in [6, 6.07) is 21.5. The van der Waals surface area contributed by atoms with Crippen molar-refractivity contribution in [3.8, 4) is 17.2 Å². The second-order valence-electron chi connectivity index (χ2n) is 12.6. The molecule has 1 aliphatic carbocycles. The standard InChI is InChI=1S/C40H47F2N/c1-3-4-10-14-36-23-24-37(39(42)38(36)41)35-21-15-31(16-22-35)13-11-8-6-5-7-9-12-27-40(2)28-25-34(26-29-40)33-19-17-32(30-43)18-20-33/h15-26,28H,3-14,27,29H2,1-2H3. The second-order valence-corrected chi connectivity index (χ2v) is 12.6. The van der Waals surface area contributed by atoms with Crippen LogP contribution in [-0.2, 0) is 12.8 Å². The lowest BCUT2D eigenvalue weighted by Gasteiger charge is -2.28. The number of benzene rings is 3. The van der Waals surface area contributed by atoms with Crippen molar-refractivity contribution in [2.24, 2.45) is 5.41 Å². The first-order chi connectivity index (χ1) is 20.9. The molecule has 0 aliphatic heterocycles. The van der Waals surface area contributed by atoms with Crippen LogP contribution < -0.4 is 0 Å². The molecule has 43 heavy (non-hydrogen) atoms. The van der Waals surface area contributed by atoms with Crippen LogP contribution in [0, 0.1) is 28.4 Å². The molecule has 1 nitrogen and oxygen atoms in total. The van der Waals surface area contributed by atoms with Gasteiger partial charge in [-0.3, -0.25) is 0 Å². The number of unbranched alkanes of at least 4 members (excludes halogenated alkanes) is 8. The maximum Gasteiger partial charge on any atom is 0.166 e. The molecule has 0 N–H and O–H groups in total. The Kier molecular flexibility index (Phi) is 12.3. The Hall–Kier alpha value is -3.51. The molecule has 3 aromatic rings. The lowest BCUT2D eigenvalue weighted by atomic mass is 9.77. The van der Waals surface area contributed by atoms with Crippen LogP contribution >= 0.6 is 0 Å². The Morgan fingerprint density at radius 2 is 1.37 bits per heavy atom. The molecular weight excluding hydrogens is 532 g/mol. The summed E-state index contributed by atoms with van der Waals surface area (Å²) in [6.07, 6.45) is 22.6. The monoisotopic (exact) mass is 579 g/mol. The van der Waals surface area contributed by atoms with Gasteiger partial charge in [0, 0.05) is 5.56 Å². The Balaban J connectivity index is 1.09. The molecular formula is C40H47F2N.